The van der Waals surface area contributed by atoms with E-state index in [4.69, 9.17) is 10.5 Å². The second-order valence-electron chi connectivity index (χ2n) is 3.61. The zero-order valence-corrected chi connectivity index (χ0v) is 8.99. The summed E-state index contributed by atoms with van der Waals surface area (Å²) in [6.07, 6.45) is 0.889. The van der Waals surface area contributed by atoms with Crippen molar-refractivity contribution in [2.24, 2.45) is 5.73 Å². The molecule has 0 heterocycles. The van der Waals surface area contributed by atoms with Gasteiger partial charge in [0.15, 0.2) is 0 Å². The van der Waals surface area contributed by atoms with Crippen molar-refractivity contribution in [3.63, 3.8) is 0 Å². The number of aryl methyl sites for hydroxylation is 1. The van der Waals surface area contributed by atoms with Gasteiger partial charge >= 0.3 is 0 Å². The maximum Gasteiger partial charge on any atom is 0.0620 e. The Bertz CT molecular complexity index is 256. The van der Waals surface area contributed by atoms with E-state index in [1.54, 1.807) is 0 Å². The van der Waals surface area contributed by atoms with E-state index in [2.05, 4.69) is 31.2 Å². The lowest BCUT2D eigenvalue weighted by molar-refractivity contribution is 0.133. The highest BCUT2D eigenvalue weighted by Gasteiger charge is 2.03. The molecule has 1 aromatic carbocycles. The van der Waals surface area contributed by atoms with Gasteiger partial charge in [-0.15, -0.1) is 0 Å². The number of rotatable bonds is 5. The van der Waals surface area contributed by atoms with Gasteiger partial charge in [-0.1, -0.05) is 29.8 Å². The van der Waals surface area contributed by atoms with Gasteiger partial charge in [-0.05, 0) is 25.8 Å². The van der Waals surface area contributed by atoms with Crippen LogP contribution in [0, 0.1) is 6.92 Å². The Hall–Kier alpha value is -0.860. The molecule has 1 atom stereocenters. The average molecular weight is 193 g/mol. The van der Waals surface area contributed by atoms with Crippen molar-refractivity contribution in [3.8, 4) is 0 Å². The molecular weight excluding hydrogens is 174 g/mol. The van der Waals surface area contributed by atoms with Gasteiger partial charge in [0.05, 0.1) is 6.61 Å². The Morgan fingerprint density at radius 3 is 2.50 bits per heavy atom. The first-order valence-electron chi connectivity index (χ1n) is 5.11. The monoisotopic (exact) mass is 193 g/mol. The average Bonchev–Trinajstić information content (AvgIpc) is 2.18. The Balaban J connectivity index is 2.39. The summed E-state index contributed by atoms with van der Waals surface area (Å²) >= 11 is 0. The van der Waals surface area contributed by atoms with Crippen molar-refractivity contribution in [1.82, 2.24) is 0 Å². The molecule has 0 amide bonds. The molecule has 0 saturated heterocycles. The standard InChI is InChI=1S/C12H19NO/c1-3-14-9-12(13)8-11-6-4-10(2)5-7-11/h4-7,12H,3,8-9,13H2,1-2H3. The lowest BCUT2D eigenvalue weighted by Gasteiger charge is -2.11. The summed E-state index contributed by atoms with van der Waals surface area (Å²) in [4.78, 5) is 0. The van der Waals surface area contributed by atoms with Crippen LogP contribution in [0.2, 0.25) is 0 Å². The van der Waals surface area contributed by atoms with E-state index >= 15 is 0 Å². The summed E-state index contributed by atoms with van der Waals surface area (Å²) in [5.41, 5.74) is 8.47. The molecule has 0 aliphatic rings. The van der Waals surface area contributed by atoms with E-state index in [0.717, 1.165) is 13.0 Å². The van der Waals surface area contributed by atoms with Crippen LogP contribution >= 0.6 is 0 Å². The first kappa shape index (κ1) is 11.2. The molecule has 2 heteroatoms. The Morgan fingerprint density at radius 2 is 1.93 bits per heavy atom. The van der Waals surface area contributed by atoms with E-state index in [1.807, 2.05) is 6.92 Å². The molecule has 2 nitrogen and oxygen atoms in total. The zero-order chi connectivity index (χ0) is 10.4. The Kier molecular flexibility index (Phi) is 4.63. The molecule has 2 N–H and O–H groups in total. The third-order valence-electron chi connectivity index (χ3n) is 2.15. The minimum Gasteiger partial charge on any atom is -0.380 e. The van der Waals surface area contributed by atoms with E-state index in [-0.39, 0.29) is 6.04 Å². The van der Waals surface area contributed by atoms with Gasteiger partial charge in [-0.3, -0.25) is 0 Å². The molecule has 0 saturated carbocycles. The van der Waals surface area contributed by atoms with Gasteiger partial charge in [0.1, 0.15) is 0 Å². The molecule has 1 aromatic rings. The van der Waals surface area contributed by atoms with Crippen molar-refractivity contribution in [2.75, 3.05) is 13.2 Å². The topological polar surface area (TPSA) is 35.2 Å². The van der Waals surface area contributed by atoms with Gasteiger partial charge in [0.25, 0.3) is 0 Å². The molecule has 0 fully saturated rings. The molecular formula is C12H19NO. The number of nitrogens with two attached hydrogens (primary N) is 1. The summed E-state index contributed by atoms with van der Waals surface area (Å²) in [7, 11) is 0. The van der Waals surface area contributed by atoms with Crippen molar-refractivity contribution in [3.05, 3.63) is 35.4 Å². The number of hydrogen-bond acceptors (Lipinski definition) is 2. The molecule has 0 aliphatic carbocycles. The van der Waals surface area contributed by atoms with Gasteiger partial charge in [-0.25, -0.2) is 0 Å². The predicted octanol–water partition coefficient (Wildman–Crippen LogP) is 1.90. The maximum atomic E-state index is 5.90. The lowest BCUT2D eigenvalue weighted by Crippen LogP contribution is -2.28. The molecule has 78 valence electrons. The third kappa shape index (κ3) is 3.90. The van der Waals surface area contributed by atoms with Crippen LogP contribution in [0.15, 0.2) is 24.3 Å². The highest BCUT2D eigenvalue weighted by Crippen LogP contribution is 2.05. The summed E-state index contributed by atoms with van der Waals surface area (Å²) in [5.74, 6) is 0. The number of benzene rings is 1. The van der Waals surface area contributed by atoms with E-state index in [0.29, 0.717) is 6.61 Å². The molecule has 1 unspecified atom stereocenters. The summed E-state index contributed by atoms with van der Waals surface area (Å²) in [6, 6.07) is 8.59. The third-order valence-corrected chi connectivity index (χ3v) is 2.15. The Morgan fingerprint density at radius 1 is 1.29 bits per heavy atom. The molecule has 14 heavy (non-hydrogen) atoms. The SMILES string of the molecule is CCOCC(N)Cc1ccc(C)cc1. The first-order valence-corrected chi connectivity index (χ1v) is 5.11. The summed E-state index contributed by atoms with van der Waals surface area (Å²) in [5, 5.41) is 0. The van der Waals surface area contributed by atoms with Gasteiger partial charge in [-0.2, -0.15) is 0 Å². The van der Waals surface area contributed by atoms with Crippen LogP contribution in [0.5, 0.6) is 0 Å². The van der Waals surface area contributed by atoms with Crippen molar-refractivity contribution >= 4 is 0 Å². The molecule has 0 bridgehead atoms. The molecule has 0 aliphatic heterocycles. The van der Waals surface area contributed by atoms with E-state index in [9.17, 15) is 0 Å². The van der Waals surface area contributed by atoms with Gasteiger partial charge < -0.3 is 10.5 Å². The van der Waals surface area contributed by atoms with Crippen molar-refractivity contribution < 1.29 is 4.74 Å². The van der Waals surface area contributed by atoms with Crippen LogP contribution in [0.4, 0.5) is 0 Å². The fourth-order valence-corrected chi connectivity index (χ4v) is 1.36. The smallest absolute Gasteiger partial charge is 0.0620 e. The molecule has 1 rings (SSSR count). The van der Waals surface area contributed by atoms with Crippen LogP contribution in [-0.2, 0) is 11.2 Å². The predicted molar refractivity (Wildman–Crippen MR) is 59.4 cm³/mol. The number of hydrogen-bond donors (Lipinski definition) is 1. The second kappa shape index (κ2) is 5.78. The van der Waals surface area contributed by atoms with Crippen LogP contribution in [-0.4, -0.2) is 19.3 Å². The highest BCUT2D eigenvalue weighted by molar-refractivity contribution is 5.21. The normalized spacial score (nSPS) is 12.8. The van der Waals surface area contributed by atoms with E-state index in [1.165, 1.54) is 11.1 Å². The fraction of sp³-hybridized carbons (Fsp3) is 0.500. The van der Waals surface area contributed by atoms with Crippen LogP contribution in [0.1, 0.15) is 18.1 Å². The van der Waals surface area contributed by atoms with E-state index < -0.39 is 0 Å². The molecule has 0 radical (unpaired) electrons. The number of ether oxygens (including phenoxy) is 1. The summed E-state index contributed by atoms with van der Waals surface area (Å²) in [6.45, 7) is 5.45. The second-order valence-corrected chi connectivity index (χ2v) is 3.61. The minimum absolute atomic E-state index is 0.109. The summed E-state index contributed by atoms with van der Waals surface area (Å²) < 4.78 is 5.27. The molecule has 0 spiro atoms. The minimum atomic E-state index is 0.109. The maximum absolute atomic E-state index is 5.90. The van der Waals surface area contributed by atoms with Crippen molar-refractivity contribution in [2.45, 2.75) is 26.3 Å². The quantitative estimate of drug-likeness (QED) is 0.775. The van der Waals surface area contributed by atoms with Crippen molar-refractivity contribution in [1.29, 1.82) is 0 Å². The van der Waals surface area contributed by atoms with Crippen LogP contribution in [0.25, 0.3) is 0 Å². The molecule has 0 aromatic heterocycles. The zero-order valence-electron chi connectivity index (χ0n) is 8.99. The first-order chi connectivity index (χ1) is 6.72. The van der Waals surface area contributed by atoms with Crippen LogP contribution in [0.3, 0.4) is 0 Å². The Labute approximate surface area is 86.1 Å². The van der Waals surface area contributed by atoms with Gasteiger partial charge in [0.2, 0.25) is 0 Å². The highest BCUT2D eigenvalue weighted by atomic mass is 16.5. The largest absolute Gasteiger partial charge is 0.380 e. The fourth-order valence-electron chi connectivity index (χ4n) is 1.36. The lowest BCUT2D eigenvalue weighted by atomic mass is 10.1. The van der Waals surface area contributed by atoms with Crippen LogP contribution < -0.4 is 5.73 Å². The van der Waals surface area contributed by atoms with Gasteiger partial charge in [0, 0.05) is 12.6 Å².